The Balaban J connectivity index is 1.25. The molecule has 0 aliphatic carbocycles. The quantitative estimate of drug-likeness (QED) is 0.674. The normalized spacial score (nSPS) is 16.1. The number of rotatable bonds is 5. The van der Waals surface area contributed by atoms with E-state index in [2.05, 4.69) is 34.9 Å². The molecule has 0 bridgehead atoms. The third kappa shape index (κ3) is 4.88. The molecule has 1 saturated heterocycles. The summed E-state index contributed by atoms with van der Waals surface area (Å²) in [6, 6.07) is 14.4. The Labute approximate surface area is 164 Å². The summed E-state index contributed by atoms with van der Waals surface area (Å²) in [4.78, 5) is 1.57. The number of hydrogen-bond donors (Lipinski definition) is 3. The highest BCUT2D eigenvalue weighted by Crippen LogP contribution is 2.32. The first-order valence-corrected chi connectivity index (χ1v) is 9.61. The molecule has 2 heterocycles. The van der Waals surface area contributed by atoms with Gasteiger partial charge in [0.2, 0.25) is 6.79 Å². The number of benzene rings is 2. The highest BCUT2D eigenvalue weighted by Gasteiger charge is 2.14. The van der Waals surface area contributed by atoms with Gasteiger partial charge in [0.05, 0.1) is 13.2 Å². The van der Waals surface area contributed by atoms with Crippen molar-refractivity contribution < 1.29 is 19.1 Å². The molecular weight excluding hydrogens is 362 g/mol. The second-order valence-corrected chi connectivity index (χ2v) is 7.14. The van der Waals surface area contributed by atoms with Crippen LogP contribution >= 0.6 is 12.2 Å². The average Bonchev–Trinajstić information content (AvgIpc) is 3.17. The van der Waals surface area contributed by atoms with Crippen LogP contribution in [0.25, 0.3) is 0 Å². The van der Waals surface area contributed by atoms with Crippen molar-refractivity contribution in [1.82, 2.24) is 5.32 Å². The number of nitrogens with one attached hydrogen (secondary N) is 3. The number of hydrogen-bond acceptors (Lipinski definition) is 4. The molecular formula is C20H24N3O3S+. The first kappa shape index (κ1) is 18.0. The van der Waals surface area contributed by atoms with E-state index in [1.54, 1.807) is 4.90 Å². The predicted octanol–water partition coefficient (Wildman–Crippen LogP) is 1.32. The minimum absolute atomic E-state index is 0.287. The van der Waals surface area contributed by atoms with Crippen molar-refractivity contribution in [2.75, 3.05) is 38.4 Å². The number of fused-ring (bicyclic) bond motifs is 1. The van der Waals surface area contributed by atoms with E-state index >= 15 is 0 Å². The van der Waals surface area contributed by atoms with E-state index in [4.69, 9.17) is 26.4 Å². The Bertz CT molecular complexity index is 792. The lowest BCUT2D eigenvalue weighted by molar-refractivity contribution is -0.921. The van der Waals surface area contributed by atoms with Gasteiger partial charge in [-0.1, -0.05) is 18.2 Å². The van der Waals surface area contributed by atoms with Gasteiger partial charge in [0, 0.05) is 17.8 Å². The van der Waals surface area contributed by atoms with Gasteiger partial charge in [0.1, 0.15) is 19.6 Å². The average molecular weight is 386 g/mol. The van der Waals surface area contributed by atoms with Crippen LogP contribution in [0.3, 0.4) is 0 Å². The Morgan fingerprint density at radius 1 is 0.963 bits per heavy atom. The van der Waals surface area contributed by atoms with Crippen molar-refractivity contribution in [3.8, 4) is 11.5 Å². The van der Waals surface area contributed by atoms with Crippen molar-refractivity contribution in [1.29, 1.82) is 0 Å². The summed E-state index contributed by atoms with van der Waals surface area (Å²) >= 11 is 5.40. The van der Waals surface area contributed by atoms with Gasteiger partial charge in [-0.2, -0.15) is 0 Å². The smallest absolute Gasteiger partial charge is 0.231 e. The molecule has 7 heteroatoms. The van der Waals surface area contributed by atoms with Gasteiger partial charge in [0.15, 0.2) is 16.6 Å². The van der Waals surface area contributed by atoms with Crippen molar-refractivity contribution in [3.05, 3.63) is 53.6 Å². The molecule has 27 heavy (non-hydrogen) atoms. The second kappa shape index (κ2) is 8.56. The van der Waals surface area contributed by atoms with Crippen molar-refractivity contribution in [2.45, 2.75) is 13.1 Å². The fraction of sp³-hybridized carbons (Fsp3) is 0.350. The molecule has 3 N–H and O–H groups in total. The summed E-state index contributed by atoms with van der Waals surface area (Å²) in [7, 11) is 0. The van der Waals surface area contributed by atoms with Gasteiger partial charge < -0.3 is 29.7 Å². The molecule has 0 atom stereocenters. The molecule has 1 fully saturated rings. The molecule has 0 amide bonds. The van der Waals surface area contributed by atoms with Crippen LogP contribution in [0.5, 0.6) is 11.5 Å². The molecule has 0 spiro atoms. The van der Waals surface area contributed by atoms with Gasteiger partial charge in [-0.05, 0) is 42.0 Å². The predicted molar refractivity (Wildman–Crippen MR) is 107 cm³/mol. The molecule has 0 aromatic heterocycles. The third-order valence-corrected chi connectivity index (χ3v) is 5.00. The van der Waals surface area contributed by atoms with Crippen LogP contribution in [-0.2, 0) is 17.8 Å². The summed E-state index contributed by atoms with van der Waals surface area (Å²) < 4.78 is 16.1. The first-order chi connectivity index (χ1) is 13.3. The van der Waals surface area contributed by atoms with Gasteiger partial charge in [0.25, 0.3) is 0 Å². The third-order valence-electron chi connectivity index (χ3n) is 4.76. The summed E-state index contributed by atoms with van der Waals surface area (Å²) in [5.41, 5.74) is 3.41. The van der Waals surface area contributed by atoms with Crippen LogP contribution in [0.2, 0.25) is 0 Å². The van der Waals surface area contributed by atoms with E-state index in [1.807, 2.05) is 18.2 Å². The zero-order valence-electron chi connectivity index (χ0n) is 15.1. The minimum atomic E-state index is 0.287. The van der Waals surface area contributed by atoms with Crippen molar-refractivity contribution in [3.63, 3.8) is 0 Å². The zero-order valence-corrected chi connectivity index (χ0v) is 15.9. The molecule has 2 aliphatic rings. The summed E-state index contributed by atoms with van der Waals surface area (Å²) in [5.74, 6) is 1.57. The van der Waals surface area contributed by atoms with E-state index in [9.17, 15) is 0 Å². The van der Waals surface area contributed by atoms with Crippen LogP contribution in [0.1, 0.15) is 11.1 Å². The highest BCUT2D eigenvalue weighted by molar-refractivity contribution is 7.80. The van der Waals surface area contributed by atoms with Crippen LogP contribution < -0.4 is 25.0 Å². The van der Waals surface area contributed by atoms with Crippen LogP contribution in [0, 0.1) is 0 Å². The van der Waals surface area contributed by atoms with Crippen LogP contribution in [-0.4, -0.2) is 38.2 Å². The van der Waals surface area contributed by atoms with Crippen molar-refractivity contribution in [2.24, 2.45) is 0 Å². The van der Waals surface area contributed by atoms with Gasteiger partial charge >= 0.3 is 0 Å². The maximum atomic E-state index is 5.41. The topological polar surface area (TPSA) is 56.2 Å². The fourth-order valence-electron chi connectivity index (χ4n) is 3.24. The minimum Gasteiger partial charge on any atom is -0.454 e. The lowest BCUT2D eigenvalue weighted by Gasteiger charge is -2.23. The van der Waals surface area contributed by atoms with Crippen molar-refractivity contribution >= 4 is 23.0 Å². The largest absolute Gasteiger partial charge is 0.454 e. The number of anilines is 1. The summed E-state index contributed by atoms with van der Waals surface area (Å²) in [6.07, 6.45) is 0. The number of quaternary nitrogens is 1. The molecule has 142 valence electrons. The maximum absolute atomic E-state index is 5.41. The lowest BCUT2D eigenvalue weighted by atomic mass is 10.2. The van der Waals surface area contributed by atoms with E-state index in [-0.39, 0.29) is 6.79 Å². The molecule has 6 nitrogen and oxygen atoms in total. The van der Waals surface area contributed by atoms with Gasteiger partial charge in [-0.3, -0.25) is 0 Å². The zero-order chi connectivity index (χ0) is 18.5. The van der Waals surface area contributed by atoms with Crippen LogP contribution in [0.15, 0.2) is 42.5 Å². The monoisotopic (exact) mass is 386 g/mol. The molecule has 2 aliphatic heterocycles. The standard InChI is InChI=1S/C20H23N3O3S/c27-20(21-12-16-3-6-18-19(11-16)26-14-25-18)22-17-4-1-15(2-5-17)13-23-7-9-24-10-8-23/h1-6,11H,7-10,12-14H2,(H2,21,22,27)/p+1. The number of thiocarbonyl (C=S) groups is 1. The molecule has 0 radical (unpaired) electrons. The Morgan fingerprint density at radius 2 is 1.70 bits per heavy atom. The molecule has 0 saturated carbocycles. The van der Waals surface area contributed by atoms with Gasteiger partial charge in [-0.15, -0.1) is 0 Å². The fourth-order valence-corrected chi connectivity index (χ4v) is 3.43. The lowest BCUT2D eigenvalue weighted by Crippen LogP contribution is -3.12. The summed E-state index contributed by atoms with van der Waals surface area (Å²) in [6.45, 7) is 5.82. The number of morpholine rings is 1. The van der Waals surface area contributed by atoms with E-state index in [1.165, 1.54) is 5.56 Å². The Hall–Kier alpha value is -2.35. The van der Waals surface area contributed by atoms with Gasteiger partial charge in [-0.25, -0.2) is 0 Å². The summed E-state index contributed by atoms with van der Waals surface area (Å²) in [5, 5.41) is 7.05. The Morgan fingerprint density at radius 3 is 2.52 bits per heavy atom. The highest BCUT2D eigenvalue weighted by atomic mass is 32.1. The van der Waals surface area contributed by atoms with E-state index < -0.39 is 0 Å². The Kier molecular flexibility index (Phi) is 5.72. The molecule has 2 aromatic rings. The second-order valence-electron chi connectivity index (χ2n) is 6.73. The first-order valence-electron chi connectivity index (χ1n) is 9.20. The molecule has 2 aromatic carbocycles. The maximum Gasteiger partial charge on any atom is 0.231 e. The van der Waals surface area contributed by atoms with E-state index in [0.29, 0.717) is 11.7 Å². The molecule has 0 unspecified atom stereocenters. The number of ether oxygens (including phenoxy) is 3. The SMILES string of the molecule is S=C(NCc1ccc2c(c1)OCO2)Nc1ccc(C[NH+]2CCOCC2)cc1. The van der Waals surface area contributed by atoms with Crippen LogP contribution in [0.4, 0.5) is 5.69 Å². The molecule has 4 rings (SSSR count). The van der Waals surface area contributed by atoms with E-state index in [0.717, 1.165) is 55.6 Å².